The number of aromatic amines is 1. The molecule has 8 nitrogen and oxygen atoms in total. The second-order valence-electron chi connectivity index (χ2n) is 4.33. The summed E-state index contributed by atoms with van der Waals surface area (Å²) < 4.78 is 6.26. The minimum Gasteiger partial charge on any atom is -0.481 e. The Morgan fingerprint density at radius 3 is 2.76 bits per heavy atom. The molecule has 0 spiro atoms. The van der Waals surface area contributed by atoms with Gasteiger partial charge in [0.1, 0.15) is 11.5 Å². The van der Waals surface area contributed by atoms with E-state index in [2.05, 4.69) is 15.3 Å². The first-order chi connectivity index (χ1) is 10.1. The van der Waals surface area contributed by atoms with Crippen molar-refractivity contribution in [3.63, 3.8) is 0 Å². The molecule has 2 aromatic heterocycles. The fraction of sp³-hybridized carbons (Fsp3) is 0.308. The van der Waals surface area contributed by atoms with Crippen LogP contribution in [0.3, 0.4) is 0 Å². The Kier molecular flexibility index (Phi) is 4.27. The summed E-state index contributed by atoms with van der Waals surface area (Å²) in [5, 5.41) is 2.93. The number of ether oxygens (including phenoxy) is 1. The fourth-order valence-electron chi connectivity index (χ4n) is 1.90. The van der Waals surface area contributed by atoms with Crippen LogP contribution in [0, 0.1) is 0 Å². The lowest BCUT2D eigenvalue weighted by Crippen LogP contribution is -2.33. The van der Waals surface area contributed by atoms with Crippen molar-refractivity contribution in [2.75, 3.05) is 18.2 Å². The molecule has 0 aliphatic carbocycles. The van der Waals surface area contributed by atoms with Crippen molar-refractivity contribution in [2.45, 2.75) is 20.0 Å². The van der Waals surface area contributed by atoms with Crippen LogP contribution in [0.2, 0.25) is 0 Å². The van der Waals surface area contributed by atoms with E-state index in [1.54, 1.807) is 19.2 Å². The summed E-state index contributed by atoms with van der Waals surface area (Å²) in [6.45, 7) is 2.50. The molecule has 0 amide bonds. The smallest absolute Gasteiger partial charge is 0.330 e. The fourth-order valence-corrected chi connectivity index (χ4v) is 1.90. The van der Waals surface area contributed by atoms with E-state index in [-0.39, 0.29) is 11.5 Å². The number of methoxy groups -OCH3 is 1. The average Bonchev–Trinajstić information content (AvgIpc) is 2.47. The van der Waals surface area contributed by atoms with Crippen LogP contribution in [0.5, 0.6) is 5.88 Å². The number of hydrogen-bond acceptors (Lipinski definition) is 6. The molecule has 2 rings (SSSR count). The summed E-state index contributed by atoms with van der Waals surface area (Å²) >= 11 is 0. The average molecular weight is 291 g/mol. The molecular weight excluding hydrogens is 274 g/mol. The maximum absolute atomic E-state index is 11.8. The van der Waals surface area contributed by atoms with E-state index in [0.29, 0.717) is 19.0 Å². The molecule has 0 radical (unpaired) electrons. The van der Waals surface area contributed by atoms with Gasteiger partial charge in [0.2, 0.25) is 5.88 Å². The molecule has 21 heavy (non-hydrogen) atoms. The number of pyridine rings is 1. The Bertz CT molecular complexity index is 733. The molecule has 0 aromatic carbocycles. The zero-order valence-corrected chi connectivity index (χ0v) is 11.8. The van der Waals surface area contributed by atoms with Crippen LogP contribution < -0.4 is 27.0 Å². The number of anilines is 2. The standard InChI is InChI=1S/C13H17N5O3/c1-3-18-11(14)10(12(19)17-13(18)20)16-7-8-4-5-9(21-2)15-6-8/h4-6,16H,3,7,14H2,1-2H3,(H,17,19,20). The lowest BCUT2D eigenvalue weighted by Gasteiger charge is -2.12. The Morgan fingerprint density at radius 1 is 1.43 bits per heavy atom. The van der Waals surface area contributed by atoms with Crippen molar-refractivity contribution in [3.05, 3.63) is 44.7 Å². The van der Waals surface area contributed by atoms with E-state index < -0.39 is 11.2 Å². The van der Waals surface area contributed by atoms with E-state index in [0.717, 1.165) is 5.56 Å². The highest BCUT2D eigenvalue weighted by atomic mass is 16.5. The van der Waals surface area contributed by atoms with Crippen molar-refractivity contribution in [3.8, 4) is 5.88 Å². The van der Waals surface area contributed by atoms with Gasteiger partial charge >= 0.3 is 5.69 Å². The number of nitrogens with zero attached hydrogens (tertiary/aromatic N) is 2. The van der Waals surface area contributed by atoms with Crippen LogP contribution in [0.1, 0.15) is 12.5 Å². The first-order valence-electron chi connectivity index (χ1n) is 6.42. The summed E-state index contributed by atoms with van der Waals surface area (Å²) in [4.78, 5) is 29.7. The van der Waals surface area contributed by atoms with Gasteiger partial charge in [-0.05, 0) is 12.5 Å². The van der Waals surface area contributed by atoms with Gasteiger partial charge in [0.15, 0.2) is 0 Å². The van der Waals surface area contributed by atoms with Crippen molar-refractivity contribution in [1.82, 2.24) is 14.5 Å². The van der Waals surface area contributed by atoms with Crippen molar-refractivity contribution in [1.29, 1.82) is 0 Å². The van der Waals surface area contributed by atoms with Crippen LogP contribution in [0.25, 0.3) is 0 Å². The van der Waals surface area contributed by atoms with Gasteiger partial charge < -0.3 is 15.8 Å². The van der Waals surface area contributed by atoms with Gasteiger partial charge in [-0.2, -0.15) is 0 Å². The summed E-state index contributed by atoms with van der Waals surface area (Å²) in [5.74, 6) is 0.628. The molecular formula is C13H17N5O3. The molecule has 0 aliphatic heterocycles. The van der Waals surface area contributed by atoms with E-state index in [9.17, 15) is 9.59 Å². The van der Waals surface area contributed by atoms with Gasteiger partial charge in [0.25, 0.3) is 5.56 Å². The predicted octanol–water partition coefficient (Wildman–Crippen LogP) is 0.154. The molecule has 8 heteroatoms. The minimum absolute atomic E-state index is 0.118. The van der Waals surface area contributed by atoms with Crippen molar-refractivity contribution in [2.24, 2.45) is 0 Å². The number of nitrogens with two attached hydrogens (primary N) is 1. The van der Waals surface area contributed by atoms with Gasteiger partial charge in [-0.1, -0.05) is 6.07 Å². The lowest BCUT2D eigenvalue weighted by atomic mass is 10.3. The third kappa shape index (κ3) is 3.04. The Hall–Kier alpha value is -2.77. The van der Waals surface area contributed by atoms with E-state index in [4.69, 9.17) is 10.5 Å². The number of rotatable bonds is 5. The van der Waals surface area contributed by atoms with Gasteiger partial charge in [0.05, 0.1) is 7.11 Å². The predicted molar refractivity (Wildman–Crippen MR) is 79.5 cm³/mol. The van der Waals surface area contributed by atoms with Crippen molar-refractivity contribution < 1.29 is 4.74 Å². The number of H-pyrrole nitrogens is 1. The summed E-state index contributed by atoms with van der Waals surface area (Å²) in [7, 11) is 1.54. The number of nitrogen functional groups attached to an aromatic ring is 1. The molecule has 0 bridgehead atoms. The summed E-state index contributed by atoms with van der Waals surface area (Å²) in [5.41, 5.74) is 5.82. The molecule has 0 unspecified atom stereocenters. The molecule has 0 atom stereocenters. The number of nitrogens with one attached hydrogen (secondary N) is 2. The third-order valence-corrected chi connectivity index (χ3v) is 3.03. The zero-order chi connectivity index (χ0) is 15.4. The maximum Gasteiger partial charge on any atom is 0.330 e. The molecule has 0 aliphatic rings. The molecule has 0 saturated carbocycles. The molecule has 0 fully saturated rings. The molecule has 2 heterocycles. The van der Waals surface area contributed by atoms with Gasteiger partial charge in [-0.25, -0.2) is 9.78 Å². The van der Waals surface area contributed by atoms with E-state index in [1.807, 2.05) is 6.07 Å². The molecule has 112 valence electrons. The Labute approximate surface area is 120 Å². The second-order valence-corrected chi connectivity index (χ2v) is 4.33. The largest absolute Gasteiger partial charge is 0.481 e. The highest BCUT2D eigenvalue weighted by molar-refractivity contribution is 5.60. The highest BCUT2D eigenvalue weighted by Gasteiger charge is 2.10. The van der Waals surface area contributed by atoms with Crippen LogP contribution in [-0.4, -0.2) is 21.6 Å². The van der Waals surface area contributed by atoms with Gasteiger partial charge in [-0.15, -0.1) is 0 Å². The van der Waals surface area contributed by atoms with Crippen LogP contribution in [0.15, 0.2) is 27.9 Å². The Morgan fingerprint density at radius 2 is 2.19 bits per heavy atom. The van der Waals surface area contributed by atoms with E-state index >= 15 is 0 Å². The van der Waals surface area contributed by atoms with Crippen LogP contribution >= 0.6 is 0 Å². The second kappa shape index (κ2) is 6.12. The SMILES string of the molecule is CCn1c(N)c(NCc2ccc(OC)nc2)c(=O)[nH]c1=O. The lowest BCUT2D eigenvalue weighted by molar-refractivity contribution is 0.397. The topological polar surface area (TPSA) is 115 Å². The maximum atomic E-state index is 11.8. The molecule has 0 saturated heterocycles. The monoisotopic (exact) mass is 291 g/mol. The summed E-state index contributed by atoms with van der Waals surface area (Å²) in [6.07, 6.45) is 1.63. The number of hydrogen-bond donors (Lipinski definition) is 3. The number of aromatic nitrogens is 3. The Balaban J connectivity index is 2.23. The van der Waals surface area contributed by atoms with Gasteiger partial charge in [-0.3, -0.25) is 14.3 Å². The molecule has 4 N–H and O–H groups in total. The molecule has 2 aromatic rings. The first kappa shape index (κ1) is 14.6. The zero-order valence-electron chi connectivity index (χ0n) is 11.8. The van der Waals surface area contributed by atoms with Crippen molar-refractivity contribution >= 4 is 11.5 Å². The van der Waals surface area contributed by atoms with Crippen LogP contribution in [0.4, 0.5) is 11.5 Å². The third-order valence-electron chi connectivity index (χ3n) is 3.03. The van der Waals surface area contributed by atoms with Gasteiger partial charge in [0, 0.05) is 25.4 Å². The minimum atomic E-state index is -0.538. The quantitative estimate of drug-likeness (QED) is 0.722. The van der Waals surface area contributed by atoms with E-state index in [1.165, 1.54) is 11.7 Å². The normalized spacial score (nSPS) is 10.4. The highest BCUT2D eigenvalue weighted by Crippen LogP contribution is 2.12. The summed E-state index contributed by atoms with van der Waals surface area (Å²) in [6, 6.07) is 3.54. The first-order valence-corrected chi connectivity index (χ1v) is 6.42. The van der Waals surface area contributed by atoms with Crippen LogP contribution in [-0.2, 0) is 13.1 Å².